The van der Waals surface area contributed by atoms with E-state index in [1.54, 1.807) is 0 Å². The first kappa shape index (κ1) is 15.4. The first-order valence-electron chi connectivity index (χ1n) is 7.03. The third kappa shape index (κ3) is 2.71. The molecule has 110 valence electrons. The van der Waals surface area contributed by atoms with Crippen LogP contribution in [-0.4, -0.2) is 30.0 Å². The smallest absolute Gasteiger partial charge is 0.494 e. The van der Waals surface area contributed by atoms with Crippen LogP contribution in [0.15, 0.2) is 18.2 Å². The Balaban J connectivity index is 2.27. The summed E-state index contributed by atoms with van der Waals surface area (Å²) in [6.07, 6.45) is 0. The molecule has 0 bridgehead atoms. The van der Waals surface area contributed by atoms with Gasteiger partial charge in [0.1, 0.15) is 5.75 Å². The molecule has 1 fully saturated rings. The van der Waals surface area contributed by atoms with Gasteiger partial charge in [-0.2, -0.15) is 0 Å². The summed E-state index contributed by atoms with van der Waals surface area (Å²) in [5.74, 6) is 0.704. The van der Waals surface area contributed by atoms with E-state index < -0.39 is 7.12 Å². The Morgan fingerprint density at radius 2 is 1.75 bits per heavy atom. The third-order valence-electron chi connectivity index (χ3n) is 4.08. The van der Waals surface area contributed by atoms with Gasteiger partial charge in [-0.1, -0.05) is 12.1 Å². The molecule has 0 amide bonds. The molecule has 1 aromatic rings. The van der Waals surface area contributed by atoms with Crippen molar-refractivity contribution in [2.45, 2.75) is 52.4 Å². The molecule has 1 saturated heterocycles. The summed E-state index contributed by atoms with van der Waals surface area (Å²) in [6, 6.07) is 5.66. The molecule has 0 aliphatic carbocycles. The average molecular weight is 278 g/mol. The maximum atomic E-state index is 9.46. The number of hydrogen-bond acceptors (Lipinski definition) is 4. The predicted octanol–water partition coefficient (Wildman–Crippen LogP) is 1.88. The van der Waals surface area contributed by atoms with Gasteiger partial charge < -0.3 is 19.2 Å². The van der Waals surface area contributed by atoms with Crippen molar-refractivity contribution in [1.29, 1.82) is 0 Å². The highest BCUT2D eigenvalue weighted by atomic mass is 16.7. The van der Waals surface area contributed by atoms with Gasteiger partial charge in [-0.05, 0) is 46.1 Å². The highest BCUT2D eigenvalue weighted by Crippen LogP contribution is 2.36. The van der Waals surface area contributed by atoms with Gasteiger partial charge in [-0.15, -0.1) is 0 Å². The Hall–Kier alpha value is -1.04. The second-order valence-electron chi connectivity index (χ2n) is 6.05. The lowest BCUT2D eigenvalue weighted by Crippen LogP contribution is -2.41. The van der Waals surface area contributed by atoms with Crippen LogP contribution in [0.5, 0.6) is 5.75 Å². The van der Waals surface area contributed by atoms with Crippen molar-refractivity contribution in [2.24, 2.45) is 0 Å². The molecule has 0 unspecified atom stereocenters. The normalized spacial score (nSPS) is 20.2. The van der Waals surface area contributed by atoms with E-state index >= 15 is 0 Å². The molecule has 1 heterocycles. The van der Waals surface area contributed by atoms with Crippen LogP contribution < -0.4 is 10.2 Å². The van der Waals surface area contributed by atoms with Gasteiger partial charge in [0.15, 0.2) is 0 Å². The summed E-state index contributed by atoms with van der Waals surface area (Å²) < 4.78 is 17.5. The van der Waals surface area contributed by atoms with Crippen LogP contribution in [0.2, 0.25) is 0 Å². The van der Waals surface area contributed by atoms with Gasteiger partial charge in [0.2, 0.25) is 0 Å². The first-order valence-corrected chi connectivity index (χ1v) is 7.03. The minimum atomic E-state index is -0.416. The van der Waals surface area contributed by atoms with E-state index in [2.05, 4.69) is 0 Å². The molecule has 20 heavy (non-hydrogen) atoms. The summed E-state index contributed by atoms with van der Waals surface area (Å²) in [5, 5.41) is 9.46. The highest BCUT2D eigenvalue weighted by molar-refractivity contribution is 6.62. The fourth-order valence-electron chi connectivity index (χ4n) is 2.15. The van der Waals surface area contributed by atoms with Crippen molar-refractivity contribution in [1.82, 2.24) is 0 Å². The van der Waals surface area contributed by atoms with Crippen molar-refractivity contribution in [3.63, 3.8) is 0 Å². The summed E-state index contributed by atoms with van der Waals surface area (Å²) in [7, 11) is -0.416. The van der Waals surface area contributed by atoms with Crippen molar-refractivity contribution >= 4 is 12.6 Å². The number of ether oxygens (including phenoxy) is 1. The van der Waals surface area contributed by atoms with E-state index in [-0.39, 0.29) is 17.8 Å². The second-order valence-corrected chi connectivity index (χ2v) is 6.05. The number of aliphatic hydroxyl groups is 1. The zero-order valence-electron chi connectivity index (χ0n) is 12.9. The van der Waals surface area contributed by atoms with Crippen molar-refractivity contribution in [3.05, 3.63) is 23.8 Å². The van der Waals surface area contributed by atoms with Crippen LogP contribution in [0.4, 0.5) is 0 Å². The maximum absolute atomic E-state index is 9.46. The molecule has 1 aliphatic rings. The minimum Gasteiger partial charge on any atom is -0.494 e. The summed E-state index contributed by atoms with van der Waals surface area (Å²) in [4.78, 5) is 0. The lowest BCUT2D eigenvalue weighted by Gasteiger charge is -2.32. The largest absolute Gasteiger partial charge is 0.494 e. The van der Waals surface area contributed by atoms with Crippen LogP contribution in [0.1, 0.15) is 40.2 Å². The van der Waals surface area contributed by atoms with Crippen LogP contribution in [0, 0.1) is 0 Å². The molecule has 5 heteroatoms. The van der Waals surface area contributed by atoms with E-state index in [9.17, 15) is 5.11 Å². The molecular weight excluding hydrogens is 255 g/mol. The van der Waals surface area contributed by atoms with E-state index in [0.29, 0.717) is 12.4 Å². The van der Waals surface area contributed by atoms with Crippen molar-refractivity contribution < 1.29 is 19.2 Å². The van der Waals surface area contributed by atoms with E-state index in [0.717, 1.165) is 11.0 Å². The zero-order chi connectivity index (χ0) is 15.0. The SMILES string of the molecule is CCOc1ccc(B2OC(C)(C)C(C)(C)O2)cc1CO. The molecule has 2 rings (SSSR count). The van der Waals surface area contributed by atoms with Gasteiger partial charge in [-0.3, -0.25) is 0 Å². The topological polar surface area (TPSA) is 47.9 Å². The third-order valence-corrected chi connectivity index (χ3v) is 4.08. The highest BCUT2D eigenvalue weighted by Gasteiger charge is 2.51. The minimum absolute atomic E-state index is 0.0668. The molecule has 0 spiro atoms. The Morgan fingerprint density at radius 1 is 1.15 bits per heavy atom. The Morgan fingerprint density at radius 3 is 2.25 bits per heavy atom. The van der Waals surface area contributed by atoms with Gasteiger partial charge in [-0.25, -0.2) is 0 Å². The Labute approximate surface area is 121 Å². The van der Waals surface area contributed by atoms with Crippen LogP contribution in [0.25, 0.3) is 0 Å². The molecule has 0 radical (unpaired) electrons. The number of benzene rings is 1. The maximum Gasteiger partial charge on any atom is 0.494 e. The van der Waals surface area contributed by atoms with Crippen molar-refractivity contribution in [2.75, 3.05) is 6.61 Å². The van der Waals surface area contributed by atoms with E-state index in [1.807, 2.05) is 52.8 Å². The Kier molecular flexibility index (Phi) is 4.14. The second kappa shape index (κ2) is 5.39. The molecule has 4 nitrogen and oxygen atoms in total. The van der Waals surface area contributed by atoms with Gasteiger partial charge in [0, 0.05) is 5.56 Å². The summed E-state index contributed by atoms with van der Waals surface area (Å²) in [6.45, 7) is 10.5. The van der Waals surface area contributed by atoms with Gasteiger partial charge >= 0.3 is 7.12 Å². The number of aliphatic hydroxyl groups excluding tert-OH is 1. The van der Waals surface area contributed by atoms with E-state index in [1.165, 1.54) is 0 Å². The molecule has 0 aromatic heterocycles. The van der Waals surface area contributed by atoms with Crippen molar-refractivity contribution in [3.8, 4) is 5.75 Å². The van der Waals surface area contributed by atoms with Crippen LogP contribution in [0.3, 0.4) is 0 Å². The fourth-order valence-corrected chi connectivity index (χ4v) is 2.15. The molecule has 1 N–H and O–H groups in total. The number of rotatable bonds is 4. The molecule has 1 aliphatic heterocycles. The predicted molar refractivity (Wildman–Crippen MR) is 79.2 cm³/mol. The van der Waals surface area contributed by atoms with Crippen LogP contribution in [-0.2, 0) is 15.9 Å². The lowest BCUT2D eigenvalue weighted by atomic mass is 9.78. The fraction of sp³-hybridized carbons (Fsp3) is 0.600. The molecule has 1 aromatic carbocycles. The molecule has 0 saturated carbocycles. The van der Waals surface area contributed by atoms with Crippen LogP contribution >= 0.6 is 0 Å². The van der Waals surface area contributed by atoms with Gasteiger partial charge in [0.25, 0.3) is 0 Å². The molecule has 0 atom stereocenters. The number of hydrogen-bond donors (Lipinski definition) is 1. The standard InChI is InChI=1S/C15H23BO4/c1-6-18-13-8-7-12(9-11(13)10-17)16-19-14(2,3)15(4,5)20-16/h7-9,17H,6,10H2,1-5H3. The molecular formula is C15H23BO4. The summed E-state index contributed by atoms with van der Waals surface area (Å²) >= 11 is 0. The zero-order valence-corrected chi connectivity index (χ0v) is 12.9. The van der Waals surface area contributed by atoms with E-state index in [4.69, 9.17) is 14.0 Å². The Bertz CT molecular complexity index is 469. The lowest BCUT2D eigenvalue weighted by molar-refractivity contribution is 0.00578. The monoisotopic (exact) mass is 278 g/mol. The van der Waals surface area contributed by atoms with Gasteiger partial charge in [0.05, 0.1) is 24.4 Å². The summed E-state index contributed by atoms with van der Waals surface area (Å²) in [5.41, 5.74) is 0.917. The average Bonchev–Trinajstić information content (AvgIpc) is 2.59. The first-order chi connectivity index (χ1) is 9.30. The quantitative estimate of drug-likeness (QED) is 0.854.